The summed E-state index contributed by atoms with van der Waals surface area (Å²) in [6, 6.07) is 7.32. The summed E-state index contributed by atoms with van der Waals surface area (Å²) >= 11 is 4.60. The first kappa shape index (κ1) is 13.9. The zero-order chi connectivity index (χ0) is 12.9. The first-order chi connectivity index (χ1) is 7.94. The third-order valence-electron chi connectivity index (χ3n) is 2.13. The molecule has 0 fully saturated rings. The van der Waals surface area contributed by atoms with Crippen molar-refractivity contribution in [2.45, 2.75) is 19.8 Å². The summed E-state index contributed by atoms with van der Waals surface area (Å²) in [5.74, 6) is -0.331. The Labute approximate surface area is 107 Å². The molecule has 0 saturated carbocycles. The van der Waals surface area contributed by atoms with Crippen molar-refractivity contribution >= 4 is 32.9 Å². The van der Waals surface area contributed by atoms with Crippen molar-refractivity contribution in [3.8, 4) is 0 Å². The van der Waals surface area contributed by atoms with Crippen LogP contribution in [0.1, 0.15) is 18.9 Å². The second kappa shape index (κ2) is 5.97. The zero-order valence-electron chi connectivity index (χ0n) is 9.64. The first-order valence-corrected chi connectivity index (χ1v) is 7.37. The lowest BCUT2D eigenvalue weighted by Gasteiger charge is -2.11. The van der Waals surface area contributed by atoms with E-state index in [9.17, 15) is 8.42 Å². The summed E-state index contributed by atoms with van der Waals surface area (Å²) in [4.78, 5) is -0.0366. The maximum atomic E-state index is 11.7. The molecule has 0 aromatic heterocycles. The standard InChI is InChI=1S/C11H16N2O2S2/c1-2-5-9-6-3-4-7-10(9)13-17(14,15)8-11(12)16/h3-4,6-7,13H,2,5,8H2,1H3,(H2,12,16). The highest BCUT2D eigenvalue weighted by molar-refractivity contribution is 7.95. The van der Waals surface area contributed by atoms with E-state index in [4.69, 9.17) is 5.73 Å². The number of aryl methyl sites for hydroxylation is 1. The molecule has 0 radical (unpaired) electrons. The van der Waals surface area contributed by atoms with Crippen LogP contribution in [0.15, 0.2) is 24.3 Å². The number of anilines is 1. The molecular weight excluding hydrogens is 256 g/mol. The van der Waals surface area contributed by atoms with Gasteiger partial charge in [-0.25, -0.2) is 8.42 Å². The topological polar surface area (TPSA) is 72.2 Å². The van der Waals surface area contributed by atoms with Crippen molar-refractivity contribution in [2.24, 2.45) is 5.73 Å². The van der Waals surface area contributed by atoms with E-state index in [0.717, 1.165) is 18.4 Å². The zero-order valence-corrected chi connectivity index (χ0v) is 11.3. The van der Waals surface area contributed by atoms with Crippen LogP contribution in [0.5, 0.6) is 0 Å². The molecule has 6 heteroatoms. The molecule has 0 saturated heterocycles. The predicted octanol–water partition coefficient (Wildman–Crippen LogP) is 1.67. The van der Waals surface area contributed by atoms with Gasteiger partial charge < -0.3 is 5.73 Å². The number of nitrogens with one attached hydrogen (secondary N) is 1. The summed E-state index contributed by atoms with van der Waals surface area (Å²) in [6.07, 6.45) is 1.78. The van der Waals surface area contributed by atoms with E-state index < -0.39 is 10.0 Å². The number of benzene rings is 1. The molecule has 0 unspecified atom stereocenters. The van der Waals surface area contributed by atoms with Crippen LogP contribution in [0.2, 0.25) is 0 Å². The van der Waals surface area contributed by atoms with Crippen molar-refractivity contribution in [2.75, 3.05) is 10.5 Å². The quantitative estimate of drug-likeness (QED) is 0.773. The Morgan fingerprint density at radius 3 is 2.65 bits per heavy atom. The molecule has 0 aliphatic heterocycles. The molecular formula is C11H16N2O2S2. The monoisotopic (exact) mass is 272 g/mol. The van der Waals surface area contributed by atoms with Crippen LogP contribution in [0.4, 0.5) is 5.69 Å². The molecule has 0 aliphatic rings. The molecule has 3 N–H and O–H groups in total. The van der Waals surface area contributed by atoms with E-state index in [1.165, 1.54) is 0 Å². The van der Waals surface area contributed by atoms with Crippen LogP contribution in [-0.4, -0.2) is 19.2 Å². The lowest BCUT2D eigenvalue weighted by molar-refractivity contribution is 0.605. The van der Waals surface area contributed by atoms with Crippen LogP contribution >= 0.6 is 12.2 Å². The molecule has 0 amide bonds. The van der Waals surface area contributed by atoms with E-state index in [1.54, 1.807) is 12.1 Å². The Morgan fingerprint density at radius 1 is 1.41 bits per heavy atom. The van der Waals surface area contributed by atoms with E-state index in [0.29, 0.717) is 5.69 Å². The van der Waals surface area contributed by atoms with Crippen LogP contribution in [0, 0.1) is 0 Å². The van der Waals surface area contributed by atoms with E-state index in [2.05, 4.69) is 16.9 Å². The summed E-state index contributed by atoms with van der Waals surface area (Å²) in [7, 11) is -3.49. The lowest BCUT2D eigenvalue weighted by Crippen LogP contribution is -2.26. The highest BCUT2D eigenvalue weighted by Crippen LogP contribution is 2.18. The fourth-order valence-electron chi connectivity index (χ4n) is 1.50. The summed E-state index contributed by atoms with van der Waals surface area (Å²) in [5.41, 5.74) is 6.82. The Balaban J connectivity index is 2.91. The molecule has 0 aliphatic carbocycles. The van der Waals surface area contributed by atoms with Gasteiger partial charge in [-0.1, -0.05) is 43.8 Å². The van der Waals surface area contributed by atoms with Gasteiger partial charge >= 0.3 is 0 Å². The van der Waals surface area contributed by atoms with Crippen molar-refractivity contribution in [3.05, 3.63) is 29.8 Å². The molecule has 0 heterocycles. The molecule has 1 rings (SSSR count). The van der Waals surface area contributed by atoms with Crippen LogP contribution in [0.25, 0.3) is 0 Å². The molecule has 0 spiro atoms. The number of hydrogen-bond acceptors (Lipinski definition) is 3. The number of para-hydroxylation sites is 1. The third kappa shape index (κ3) is 4.70. The maximum absolute atomic E-state index is 11.7. The van der Waals surface area contributed by atoms with E-state index in [-0.39, 0.29) is 10.7 Å². The molecule has 0 atom stereocenters. The number of nitrogens with two attached hydrogens (primary N) is 1. The maximum Gasteiger partial charge on any atom is 0.239 e. The van der Waals surface area contributed by atoms with Gasteiger partial charge in [-0.15, -0.1) is 0 Å². The van der Waals surface area contributed by atoms with Crippen molar-refractivity contribution < 1.29 is 8.42 Å². The third-order valence-corrected chi connectivity index (χ3v) is 3.68. The Hall–Kier alpha value is -1.14. The van der Waals surface area contributed by atoms with Gasteiger partial charge in [0.15, 0.2) is 0 Å². The normalized spacial score (nSPS) is 11.1. The van der Waals surface area contributed by atoms with Crippen LogP contribution in [-0.2, 0) is 16.4 Å². The average molecular weight is 272 g/mol. The van der Waals surface area contributed by atoms with E-state index >= 15 is 0 Å². The van der Waals surface area contributed by atoms with Gasteiger partial charge in [0.1, 0.15) is 5.75 Å². The molecule has 94 valence electrons. The number of rotatable bonds is 6. The van der Waals surface area contributed by atoms with Gasteiger partial charge in [-0.2, -0.15) is 0 Å². The number of thiocarbonyl (C=S) groups is 1. The van der Waals surface area contributed by atoms with Gasteiger partial charge in [0, 0.05) is 0 Å². The Bertz CT molecular complexity index is 498. The van der Waals surface area contributed by atoms with Crippen molar-refractivity contribution in [1.82, 2.24) is 0 Å². The Morgan fingerprint density at radius 2 is 2.06 bits per heavy atom. The smallest absolute Gasteiger partial charge is 0.239 e. The molecule has 0 bridgehead atoms. The second-order valence-electron chi connectivity index (χ2n) is 3.73. The van der Waals surface area contributed by atoms with Gasteiger partial charge in [-0.3, -0.25) is 4.72 Å². The highest BCUT2D eigenvalue weighted by atomic mass is 32.2. The number of hydrogen-bond donors (Lipinski definition) is 2. The fourth-order valence-corrected chi connectivity index (χ4v) is 2.94. The minimum atomic E-state index is -3.49. The van der Waals surface area contributed by atoms with Crippen LogP contribution in [0.3, 0.4) is 0 Å². The first-order valence-electron chi connectivity index (χ1n) is 5.31. The summed E-state index contributed by atoms with van der Waals surface area (Å²) < 4.78 is 25.9. The minimum Gasteiger partial charge on any atom is -0.392 e. The summed E-state index contributed by atoms with van der Waals surface area (Å²) in [6.45, 7) is 2.04. The highest BCUT2D eigenvalue weighted by Gasteiger charge is 2.13. The van der Waals surface area contributed by atoms with Crippen molar-refractivity contribution in [1.29, 1.82) is 0 Å². The average Bonchev–Trinajstić information content (AvgIpc) is 2.18. The molecule has 1 aromatic rings. The number of sulfonamides is 1. The molecule has 17 heavy (non-hydrogen) atoms. The second-order valence-corrected chi connectivity index (χ2v) is 5.98. The Kier molecular flexibility index (Phi) is 4.89. The predicted molar refractivity (Wildman–Crippen MR) is 74.6 cm³/mol. The summed E-state index contributed by atoms with van der Waals surface area (Å²) in [5, 5.41) is 0. The molecule has 4 nitrogen and oxygen atoms in total. The fraction of sp³-hybridized carbons (Fsp3) is 0.364. The molecule has 1 aromatic carbocycles. The van der Waals surface area contributed by atoms with E-state index in [1.807, 2.05) is 19.1 Å². The SMILES string of the molecule is CCCc1ccccc1NS(=O)(=O)CC(N)=S. The van der Waals surface area contributed by atoms with Gasteiger partial charge in [0.2, 0.25) is 10.0 Å². The minimum absolute atomic E-state index is 0.0366. The largest absolute Gasteiger partial charge is 0.392 e. The van der Waals surface area contributed by atoms with Gasteiger partial charge in [0.25, 0.3) is 0 Å². The van der Waals surface area contributed by atoms with Gasteiger partial charge in [0.05, 0.1) is 10.7 Å². The van der Waals surface area contributed by atoms with Gasteiger partial charge in [-0.05, 0) is 18.1 Å². The lowest BCUT2D eigenvalue weighted by atomic mass is 10.1. The van der Waals surface area contributed by atoms with Crippen LogP contribution < -0.4 is 10.5 Å². The van der Waals surface area contributed by atoms with Crippen molar-refractivity contribution in [3.63, 3.8) is 0 Å².